The second kappa shape index (κ2) is 8.71. The van der Waals surface area contributed by atoms with E-state index in [0.29, 0.717) is 30.1 Å². The molecule has 0 spiro atoms. The van der Waals surface area contributed by atoms with Crippen LogP contribution in [-0.2, 0) is 15.6 Å². The molecule has 7 nitrogen and oxygen atoms in total. The molecule has 1 saturated heterocycles. The Hall–Kier alpha value is -2.65. The molecule has 1 amide bonds. The number of anilines is 1. The Bertz CT molecular complexity index is 1100. The second-order valence-electron chi connectivity index (χ2n) is 8.24. The van der Waals surface area contributed by atoms with Gasteiger partial charge in [-0.2, -0.15) is 0 Å². The molecule has 0 unspecified atom stereocenters. The predicted octanol–water partition coefficient (Wildman–Crippen LogP) is 3.29. The fraction of sp³-hybridized carbons (Fsp3) is 0.435. The van der Waals surface area contributed by atoms with Crippen LogP contribution in [0.4, 0.5) is 10.1 Å². The van der Waals surface area contributed by atoms with Crippen molar-refractivity contribution in [2.45, 2.75) is 25.3 Å². The van der Waals surface area contributed by atoms with Gasteiger partial charge in [-0.3, -0.25) is 14.4 Å². The van der Waals surface area contributed by atoms with Crippen molar-refractivity contribution in [3.63, 3.8) is 0 Å². The number of hydrogen-bond acceptors (Lipinski definition) is 5. The predicted molar refractivity (Wildman–Crippen MR) is 123 cm³/mol. The van der Waals surface area contributed by atoms with Crippen molar-refractivity contribution in [1.82, 2.24) is 9.80 Å². The lowest BCUT2D eigenvalue weighted by atomic mass is 10.0. The van der Waals surface area contributed by atoms with Gasteiger partial charge in [0, 0.05) is 39.2 Å². The Kier molecular flexibility index (Phi) is 6.13. The van der Waals surface area contributed by atoms with Gasteiger partial charge in [0.05, 0.1) is 24.1 Å². The molecular formula is C23H30FN3O4S. The minimum absolute atomic E-state index is 0. The van der Waals surface area contributed by atoms with Gasteiger partial charge in [-0.25, -0.2) is 12.8 Å². The van der Waals surface area contributed by atoms with Crippen molar-refractivity contribution < 1.29 is 23.8 Å². The average molecular weight is 464 g/mol. The van der Waals surface area contributed by atoms with Crippen LogP contribution in [0.3, 0.4) is 0 Å². The maximum atomic E-state index is 13.3. The van der Waals surface area contributed by atoms with Gasteiger partial charge >= 0.3 is 0 Å². The monoisotopic (exact) mass is 463 g/mol. The first-order valence-electron chi connectivity index (χ1n) is 10.8. The number of benzene rings is 2. The Balaban J connectivity index is 0.00000306. The molecule has 0 atom stereocenters. The molecule has 2 aromatic carbocycles. The summed E-state index contributed by atoms with van der Waals surface area (Å²) in [6, 6.07) is 11.4. The van der Waals surface area contributed by atoms with E-state index in [0.717, 1.165) is 31.5 Å². The molecule has 4 rings (SSSR count). The van der Waals surface area contributed by atoms with Crippen LogP contribution >= 0.6 is 0 Å². The molecule has 174 valence electrons. The van der Waals surface area contributed by atoms with Crippen molar-refractivity contribution in [2.24, 2.45) is 0 Å². The minimum atomic E-state index is -3.42. The summed E-state index contributed by atoms with van der Waals surface area (Å²) in [6.07, 6.45) is 2.07. The standard InChI is InChI=1S/C23H28FN3O4S.H2/c1-3-32(29,30)25-19-8-9-20(21(16-19)31-2)22(28)26-12-14-27(15-13-26)23(10-11-23)17-4-6-18(24)7-5-17;/h4-9,16,25H,3,10-15H2,1-2H3;1H. The highest BCUT2D eigenvalue weighted by molar-refractivity contribution is 7.92. The van der Waals surface area contributed by atoms with Crippen LogP contribution in [0.25, 0.3) is 0 Å². The Morgan fingerprint density at radius 2 is 1.78 bits per heavy atom. The van der Waals surface area contributed by atoms with Gasteiger partial charge in [0.25, 0.3) is 5.91 Å². The van der Waals surface area contributed by atoms with Gasteiger partial charge < -0.3 is 9.64 Å². The Morgan fingerprint density at radius 3 is 2.34 bits per heavy atom. The number of amides is 1. The maximum Gasteiger partial charge on any atom is 0.257 e. The summed E-state index contributed by atoms with van der Waals surface area (Å²) in [5.41, 5.74) is 1.85. The van der Waals surface area contributed by atoms with Crippen LogP contribution in [0.5, 0.6) is 5.75 Å². The van der Waals surface area contributed by atoms with Crippen LogP contribution in [0.2, 0.25) is 0 Å². The van der Waals surface area contributed by atoms with E-state index in [2.05, 4.69) is 9.62 Å². The fourth-order valence-electron chi connectivity index (χ4n) is 4.36. The third-order valence-electron chi connectivity index (χ3n) is 6.36. The number of nitrogens with one attached hydrogen (secondary N) is 1. The van der Waals surface area contributed by atoms with E-state index in [1.54, 1.807) is 24.0 Å². The molecule has 2 aliphatic rings. The summed E-state index contributed by atoms with van der Waals surface area (Å²) in [5, 5.41) is 0. The summed E-state index contributed by atoms with van der Waals surface area (Å²) in [4.78, 5) is 17.3. The summed E-state index contributed by atoms with van der Waals surface area (Å²) < 4.78 is 44.8. The number of rotatable bonds is 7. The SMILES string of the molecule is CCS(=O)(=O)Nc1ccc(C(=O)N2CCN(C3(c4ccc(F)cc4)CC3)CC2)c(OC)c1.[HH]. The van der Waals surface area contributed by atoms with E-state index in [1.807, 2.05) is 12.1 Å². The van der Waals surface area contributed by atoms with Gasteiger partial charge in [0.1, 0.15) is 11.6 Å². The van der Waals surface area contributed by atoms with Gasteiger partial charge in [-0.1, -0.05) is 12.1 Å². The molecular weight excluding hydrogens is 433 g/mol. The van der Waals surface area contributed by atoms with Crippen molar-refractivity contribution in [3.8, 4) is 5.75 Å². The molecule has 1 heterocycles. The van der Waals surface area contributed by atoms with Crippen LogP contribution < -0.4 is 9.46 Å². The van der Waals surface area contributed by atoms with Gasteiger partial charge in [-0.05, 0) is 49.6 Å². The van der Waals surface area contributed by atoms with Crippen LogP contribution in [0, 0.1) is 5.82 Å². The van der Waals surface area contributed by atoms with Gasteiger partial charge in [0.15, 0.2) is 0 Å². The number of ether oxygens (including phenoxy) is 1. The van der Waals surface area contributed by atoms with Crippen molar-refractivity contribution in [1.29, 1.82) is 0 Å². The van der Waals surface area contributed by atoms with E-state index in [4.69, 9.17) is 4.74 Å². The normalized spacial score (nSPS) is 18.3. The topological polar surface area (TPSA) is 79.0 Å². The van der Waals surface area contributed by atoms with Crippen LogP contribution in [0.15, 0.2) is 42.5 Å². The molecule has 1 saturated carbocycles. The molecule has 1 aliphatic heterocycles. The molecule has 2 aromatic rings. The van der Waals surface area contributed by atoms with Gasteiger partial charge in [0.2, 0.25) is 10.0 Å². The molecule has 32 heavy (non-hydrogen) atoms. The summed E-state index contributed by atoms with van der Waals surface area (Å²) >= 11 is 0. The van der Waals surface area contributed by atoms with Gasteiger partial charge in [-0.15, -0.1) is 0 Å². The van der Waals surface area contributed by atoms with E-state index in [9.17, 15) is 17.6 Å². The first kappa shape index (κ1) is 22.5. The molecule has 1 aliphatic carbocycles. The van der Waals surface area contributed by atoms with E-state index in [-0.39, 0.29) is 24.4 Å². The molecule has 9 heteroatoms. The summed E-state index contributed by atoms with van der Waals surface area (Å²) in [7, 11) is -1.96. The number of halogens is 1. The van der Waals surface area contributed by atoms with Crippen molar-refractivity contribution in [3.05, 3.63) is 59.4 Å². The highest BCUT2D eigenvalue weighted by Crippen LogP contribution is 2.51. The Labute approximate surface area is 189 Å². The number of sulfonamides is 1. The highest BCUT2D eigenvalue weighted by atomic mass is 32.2. The summed E-state index contributed by atoms with van der Waals surface area (Å²) in [6.45, 7) is 4.18. The zero-order valence-corrected chi connectivity index (χ0v) is 19.1. The largest absolute Gasteiger partial charge is 0.496 e. The summed E-state index contributed by atoms with van der Waals surface area (Å²) in [5.74, 6) is -0.0844. The average Bonchev–Trinajstić information content (AvgIpc) is 3.61. The van der Waals surface area contributed by atoms with E-state index in [1.165, 1.54) is 25.3 Å². The minimum Gasteiger partial charge on any atom is -0.496 e. The smallest absolute Gasteiger partial charge is 0.257 e. The fourth-order valence-corrected chi connectivity index (χ4v) is 4.99. The first-order chi connectivity index (χ1) is 15.3. The zero-order chi connectivity index (χ0) is 22.9. The molecule has 0 aromatic heterocycles. The number of nitrogens with zero attached hydrogens (tertiary/aromatic N) is 2. The van der Waals surface area contributed by atoms with Crippen molar-refractivity contribution in [2.75, 3.05) is 43.8 Å². The third kappa shape index (κ3) is 4.45. The highest BCUT2D eigenvalue weighted by Gasteiger charge is 2.50. The molecule has 0 radical (unpaired) electrons. The number of carbonyl (C=O) groups excluding carboxylic acids is 1. The van der Waals surface area contributed by atoms with Crippen molar-refractivity contribution >= 4 is 21.6 Å². The molecule has 2 fully saturated rings. The van der Waals surface area contributed by atoms with Crippen LogP contribution in [-0.4, -0.2) is 63.2 Å². The quantitative estimate of drug-likeness (QED) is 0.682. The van der Waals surface area contributed by atoms with Crippen LogP contribution in [0.1, 0.15) is 37.1 Å². The van der Waals surface area contributed by atoms with E-state index < -0.39 is 10.0 Å². The lowest BCUT2D eigenvalue weighted by molar-refractivity contribution is 0.0528. The molecule has 1 N–H and O–H groups in total. The number of piperazine rings is 1. The number of carbonyl (C=O) groups is 1. The third-order valence-corrected chi connectivity index (χ3v) is 7.67. The first-order valence-corrected chi connectivity index (χ1v) is 12.4. The lowest BCUT2D eigenvalue weighted by Crippen LogP contribution is -2.52. The number of methoxy groups -OCH3 is 1. The lowest BCUT2D eigenvalue weighted by Gasteiger charge is -2.40. The molecule has 0 bridgehead atoms. The Morgan fingerprint density at radius 1 is 1.12 bits per heavy atom. The maximum absolute atomic E-state index is 13.3. The number of hydrogen-bond donors (Lipinski definition) is 1. The van der Waals surface area contributed by atoms with E-state index >= 15 is 0 Å². The zero-order valence-electron chi connectivity index (χ0n) is 18.3. The second-order valence-corrected chi connectivity index (χ2v) is 10.2.